The van der Waals surface area contributed by atoms with Crippen molar-refractivity contribution in [2.24, 2.45) is 5.92 Å². The molecule has 16 heteroatoms. The van der Waals surface area contributed by atoms with Crippen LogP contribution in [0.25, 0.3) is 44.4 Å². The number of alkyl carbamates (subject to hydrolysis) is 2. The number of methoxy groups -OCH3 is 4. The van der Waals surface area contributed by atoms with Crippen LogP contribution >= 0.6 is 0 Å². The van der Waals surface area contributed by atoms with Crippen molar-refractivity contribution in [2.45, 2.75) is 82.5 Å². The molecule has 0 unspecified atom stereocenters. The monoisotopic (exact) mass is 858 g/mol. The maximum Gasteiger partial charge on any atom is 0.407 e. The number of piperidine rings is 1. The predicted molar refractivity (Wildman–Crippen MR) is 235 cm³/mol. The average Bonchev–Trinajstić information content (AvgIpc) is 4.18. The molecule has 4 amide bonds. The number of H-pyrrole nitrogens is 2. The van der Waals surface area contributed by atoms with E-state index in [0.29, 0.717) is 12.4 Å². The molecule has 3 aliphatic rings. The number of fused-ring (bicyclic) bond motifs is 3. The Morgan fingerprint density at radius 1 is 0.698 bits per heavy atom. The summed E-state index contributed by atoms with van der Waals surface area (Å²) in [5.41, 5.74) is 6.72. The third-order valence-corrected chi connectivity index (χ3v) is 12.9. The SMILES string of the molecule is COC(=O)N[C@H](C(=O)N1CC(C)=C[C@H]1c1ncc(-c2ccc(-c3ccc4cc(-c5cnc([C@@H]6[C@@H]7CC[C@@H](C7)N6C(=O)[C@@H](NC(=O)OC)[C@@H](C)OC)[nH]5)ccc4c3)cc2)[nH]1)[C@@H](C)OC. The van der Waals surface area contributed by atoms with Crippen LogP contribution in [0.2, 0.25) is 0 Å². The van der Waals surface area contributed by atoms with Gasteiger partial charge in [0, 0.05) is 32.4 Å². The Morgan fingerprint density at radius 2 is 1.24 bits per heavy atom. The number of benzene rings is 3. The van der Waals surface area contributed by atoms with Crippen LogP contribution in [0.15, 0.2) is 84.7 Å². The molecular formula is C47H54N8O8. The fourth-order valence-corrected chi connectivity index (χ4v) is 9.32. The Kier molecular flexibility index (Phi) is 12.4. The Balaban J connectivity index is 0.964. The van der Waals surface area contributed by atoms with Gasteiger partial charge < -0.3 is 49.3 Å². The van der Waals surface area contributed by atoms with E-state index in [1.54, 1.807) is 24.9 Å². The first-order valence-corrected chi connectivity index (χ1v) is 21.2. The summed E-state index contributed by atoms with van der Waals surface area (Å²) >= 11 is 0. The normalized spacial score (nSPS) is 21.2. The number of imidazole rings is 2. The third-order valence-electron chi connectivity index (χ3n) is 12.9. The molecule has 5 aromatic rings. The highest BCUT2D eigenvalue weighted by Gasteiger charge is 2.52. The Hall–Kier alpha value is -6.52. The summed E-state index contributed by atoms with van der Waals surface area (Å²) in [5, 5.41) is 7.46. The minimum Gasteiger partial charge on any atom is -0.453 e. The first kappa shape index (κ1) is 43.1. The largest absolute Gasteiger partial charge is 0.453 e. The van der Waals surface area contributed by atoms with Crippen molar-refractivity contribution in [3.8, 4) is 33.6 Å². The molecule has 8 rings (SSSR count). The van der Waals surface area contributed by atoms with E-state index in [2.05, 4.69) is 74.1 Å². The van der Waals surface area contributed by atoms with E-state index < -0.39 is 42.5 Å². The van der Waals surface area contributed by atoms with Crippen molar-refractivity contribution < 1.29 is 38.1 Å². The highest BCUT2D eigenvalue weighted by molar-refractivity contribution is 5.91. The fraction of sp³-hybridized carbons (Fsp3) is 0.404. The van der Waals surface area contributed by atoms with E-state index in [4.69, 9.17) is 23.9 Å². The van der Waals surface area contributed by atoms with E-state index in [1.165, 1.54) is 28.4 Å². The molecular weight excluding hydrogens is 805 g/mol. The molecule has 16 nitrogen and oxygen atoms in total. The van der Waals surface area contributed by atoms with Crippen LogP contribution in [0, 0.1) is 5.92 Å². The molecule has 4 N–H and O–H groups in total. The number of ether oxygens (including phenoxy) is 4. The van der Waals surface area contributed by atoms with Gasteiger partial charge in [0.2, 0.25) is 11.8 Å². The standard InChI is InChI=1S/C47H54N8O8/c1-25-18-38(54(24-25)44(56)39(26(2)60-4)52-46(58)62-6)42-48-22-36(50-42)29-10-8-28(9-11-29)30-12-13-32-20-33(15-14-31(32)19-30)37-23-49-43(51-37)41-34-16-17-35(21-34)55(41)45(57)40(27(3)61-5)53-47(59)63-7/h8-15,18-20,22-23,26-27,34-35,38-41H,16-17,21,24H2,1-7H3,(H,48,50)(H,49,51)(H,52,58)(H,53,59)/t26-,27-,34-,35+,38+,39+,40+,41+/m1/s1. The second kappa shape index (κ2) is 18.1. The molecule has 2 fully saturated rings. The number of amides is 4. The van der Waals surface area contributed by atoms with E-state index in [0.717, 1.165) is 75.1 Å². The molecule has 0 spiro atoms. The fourth-order valence-electron chi connectivity index (χ4n) is 9.32. The van der Waals surface area contributed by atoms with Crippen LogP contribution < -0.4 is 10.6 Å². The highest BCUT2D eigenvalue weighted by Crippen LogP contribution is 2.50. The zero-order valence-corrected chi connectivity index (χ0v) is 36.5. The summed E-state index contributed by atoms with van der Waals surface area (Å²) in [4.78, 5) is 72.2. The van der Waals surface area contributed by atoms with Crippen molar-refractivity contribution in [1.82, 2.24) is 40.4 Å². The number of carbonyl (C=O) groups excluding carboxylic acids is 4. The lowest BCUT2D eigenvalue weighted by Crippen LogP contribution is -2.56. The molecule has 2 bridgehead atoms. The van der Waals surface area contributed by atoms with E-state index >= 15 is 0 Å². The van der Waals surface area contributed by atoms with Crippen molar-refractivity contribution in [3.63, 3.8) is 0 Å². The van der Waals surface area contributed by atoms with Gasteiger partial charge in [0.05, 0.1) is 56.3 Å². The second-order valence-electron chi connectivity index (χ2n) is 16.7. The van der Waals surface area contributed by atoms with E-state index in [1.807, 2.05) is 36.2 Å². The maximum absolute atomic E-state index is 14.1. The topological polar surface area (TPSA) is 193 Å². The lowest BCUT2D eigenvalue weighted by atomic mass is 9.96. The second-order valence-corrected chi connectivity index (χ2v) is 16.7. The number of carbonyl (C=O) groups is 4. The van der Waals surface area contributed by atoms with Crippen LogP contribution in [0.5, 0.6) is 0 Å². The molecule has 0 radical (unpaired) electrons. The Bertz CT molecular complexity index is 2530. The van der Waals surface area contributed by atoms with Crippen molar-refractivity contribution in [2.75, 3.05) is 35.0 Å². The molecule has 3 aromatic carbocycles. The molecule has 8 atom stereocenters. The molecule has 1 saturated heterocycles. The molecule has 2 aromatic heterocycles. The van der Waals surface area contributed by atoms with Crippen molar-refractivity contribution in [1.29, 1.82) is 0 Å². The first-order chi connectivity index (χ1) is 30.4. The summed E-state index contributed by atoms with van der Waals surface area (Å²) in [6.07, 6.45) is 5.86. The number of nitrogens with zero attached hydrogens (tertiary/aromatic N) is 4. The van der Waals surface area contributed by atoms with Crippen LogP contribution in [0.4, 0.5) is 9.59 Å². The van der Waals surface area contributed by atoms with Crippen LogP contribution in [0.1, 0.15) is 63.8 Å². The van der Waals surface area contributed by atoms with Crippen LogP contribution in [-0.4, -0.2) is 119 Å². The van der Waals surface area contributed by atoms with Gasteiger partial charge in [-0.05, 0) is 85.5 Å². The van der Waals surface area contributed by atoms with Gasteiger partial charge in [0.15, 0.2) is 0 Å². The maximum atomic E-state index is 14.1. The minimum atomic E-state index is -0.943. The smallest absolute Gasteiger partial charge is 0.407 e. The summed E-state index contributed by atoms with van der Waals surface area (Å²) in [7, 11) is 5.54. The molecule has 4 heterocycles. The minimum absolute atomic E-state index is 0.0642. The number of likely N-dealkylation sites (tertiary alicyclic amines) is 1. The van der Waals surface area contributed by atoms with Crippen molar-refractivity contribution >= 4 is 34.8 Å². The summed E-state index contributed by atoms with van der Waals surface area (Å²) in [6.45, 7) is 5.83. The quantitative estimate of drug-likeness (QED) is 0.0928. The third kappa shape index (κ3) is 8.52. The number of rotatable bonds is 13. The van der Waals surface area contributed by atoms with Gasteiger partial charge >= 0.3 is 12.2 Å². The van der Waals surface area contributed by atoms with Gasteiger partial charge in [-0.1, -0.05) is 60.2 Å². The van der Waals surface area contributed by atoms with Gasteiger partial charge in [-0.25, -0.2) is 19.6 Å². The van der Waals surface area contributed by atoms with E-state index in [-0.39, 0.29) is 29.8 Å². The van der Waals surface area contributed by atoms with Gasteiger partial charge in [-0.15, -0.1) is 0 Å². The Morgan fingerprint density at radius 3 is 1.87 bits per heavy atom. The lowest BCUT2D eigenvalue weighted by Gasteiger charge is -2.37. The Labute approximate surface area is 365 Å². The van der Waals surface area contributed by atoms with E-state index in [9.17, 15) is 19.2 Å². The molecule has 1 aliphatic carbocycles. The van der Waals surface area contributed by atoms with Gasteiger partial charge in [0.25, 0.3) is 0 Å². The summed E-state index contributed by atoms with van der Waals surface area (Å²) in [6, 6.07) is 18.5. The molecule has 2 aliphatic heterocycles. The number of hydrogen-bond acceptors (Lipinski definition) is 10. The number of aromatic amines is 2. The highest BCUT2D eigenvalue weighted by atomic mass is 16.5. The lowest BCUT2D eigenvalue weighted by molar-refractivity contribution is -0.141. The van der Waals surface area contributed by atoms with Gasteiger partial charge in [-0.2, -0.15) is 0 Å². The number of hydrogen-bond donors (Lipinski definition) is 4. The molecule has 63 heavy (non-hydrogen) atoms. The molecule has 330 valence electrons. The van der Waals surface area contributed by atoms with Crippen LogP contribution in [-0.2, 0) is 28.5 Å². The van der Waals surface area contributed by atoms with Gasteiger partial charge in [-0.3, -0.25) is 9.59 Å². The predicted octanol–water partition coefficient (Wildman–Crippen LogP) is 6.69. The zero-order chi connectivity index (χ0) is 44.5. The zero-order valence-electron chi connectivity index (χ0n) is 36.5. The van der Waals surface area contributed by atoms with Crippen molar-refractivity contribution in [3.05, 3.63) is 96.4 Å². The first-order valence-electron chi connectivity index (χ1n) is 21.2. The summed E-state index contributed by atoms with van der Waals surface area (Å²) < 4.78 is 20.5. The average molecular weight is 859 g/mol. The summed E-state index contributed by atoms with van der Waals surface area (Å²) in [5.74, 6) is 1.10. The molecule has 1 saturated carbocycles. The number of aromatic nitrogens is 4. The van der Waals surface area contributed by atoms with Crippen LogP contribution in [0.3, 0.4) is 0 Å². The number of nitrogens with one attached hydrogen (secondary N) is 4. The van der Waals surface area contributed by atoms with Gasteiger partial charge in [0.1, 0.15) is 29.8 Å².